The molecular weight excluding hydrogens is 384 g/mol. The molecule has 1 aromatic heterocycles. The van der Waals surface area contributed by atoms with Gasteiger partial charge in [-0.05, 0) is 61.7 Å². The van der Waals surface area contributed by atoms with Gasteiger partial charge in [0.2, 0.25) is 5.91 Å². The molecule has 5 nitrogen and oxygen atoms in total. The number of carbonyl (C=O) groups excluding carboxylic acids is 1. The molecule has 0 atom stereocenters. The van der Waals surface area contributed by atoms with E-state index in [2.05, 4.69) is 17.2 Å². The normalized spacial score (nSPS) is 10.6. The highest BCUT2D eigenvalue weighted by molar-refractivity contribution is 7.14. The summed E-state index contributed by atoms with van der Waals surface area (Å²) in [5.41, 5.74) is 2.95. The van der Waals surface area contributed by atoms with Gasteiger partial charge in [0.15, 0.2) is 5.13 Å². The SMILES string of the molecule is CCCOc1ccc(-c2csc(NC(=O)CCc3ccc(OCC)cc3)n2)cc1. The zero-order valence-electron chi connectivity index (χ0n) is 16.8. The van der Waals surface area contributed by atoms with Crippen molar-refractivity contribution < 1.29 is 14.3 Å². The van der Waals surface area contributed by atoms with Crippen molar-refractivity contribution in [3.63, 3.8) is 0 Å². The van der Waals surface area contributed by atoms with Gasteiger partial charge in [0, 0.05) is 17.4 Å². The van der Waals surface area contributed by atoms with E-state index in [1.54, 1.807) is 0 Å². The van der Waals surface area contributed by atoms with Crippen molar-refractivity contribution in [3.05, 3.63) is 59.5 Å². The number of ether oxygens (including phenoxy) is 2. The van der Waals surface area contributed by atoms with Gasteiger partial charge in [0.05, 0.1) is 18.9 Å². The van der Waals surface area contributed by atoms with Crippen LogP contribution >= 0.6 is 11.3 Å². The van der Waals surface area contributed by atoms with Gasteiger partial charge < -0.3 is 14.8 Å². The summed E-state index contributed by atoms with van der Waals surface area (Å²) in [6.45, 7) is 5.40. The molecule has 0 aliphatic carbocycles. The summed E-state index contributed by atoms with van der Waals surface area (Å²) in [6, 6.07) is 15.7. The van der Waals surface area contributed by atoms with Crippen LogP contribution in [0.15, 0.2) is 53.9 Å². The minimum Gasteiger partial charge on any atom is -0.494 e. The molecule has 152 valence electrons. The van der Waals surface area contributed by atoms with Crippen molar-refractivity contribution in [3.8, 4) is 22.8 Å². The van der Waals surface area contributed by atoms with Crippen LogP contribution in [0.4, 0.5) is 5.13 Å². The predicted octanol–water partition coefficient (Wildman–Crippen LogP) is 5.57. The highest BCUT2D eigenvalue weighted by Crippen LogP contribution is 2.26. The summed E-state index contributed by atoms with van der Waals surface area (Å²) in [5, 5.41) is 5.45. The second-order valence-electron chi connectivity index (χ2n) is 6.54. The summed E-state index contributed by atoms with van der Waals surface area (Å²) >= 11 is 1.43. The van der Waals surface area contributed by atoms with Crippen LogP contribution in [0.1, 0.15) is 32.3 Å². The molecule has 0 aliphatic heterocycles. The molecule has 0 bridgehead atoms. The molecule has 0 saturated heterocycles. The summed E-state index contributed by atoms with van der Waals surface area (Å²) in [5.74, 6) is 1.66. The largest absolute Gasteiger partial charge is 0.494 e. The summed E-state index contributed by atoms with van der Waals surface area (Å²) in [7, 11) is 0. The van der Waals surface area contributed by atoms with Gasteiger partial charge in [-0.15, -0.1) is 11.3 Å². The number of carbonyl (C=O) groups is 1. The van der Waals surface area contributed by atoms with Gasteiger partial charge in [0.25, 0.3) is 0 Å². The van der Waals surface area contributed by atoms with E-state index >= 15 is 0 Å². The fourth-order valence-corrected chi connectivity index (χ4v) is 3.50. The first-order chi connectivity index (χ1) is 14.2. The van der Waals surface area contributed by atoms with Crippen LogP contribution in [0, 0.1) is 0 Å². The number of hydrogen-bond acceptors (Lipinski definition) is 5. The molecule has 6 heteroatoms. The lowest BCUT2D eigenvalue weighted by Gasteiger charge is -2.05. The van der Waals surface area contributed by atoms with Crippen LogP contribution in [0.2, 0.25) is 0 Å². The van der Waals surface area contributed by atoms with Crippen molar-refractivity contribution in [2.24, 2.45) is 0 Å². The van der Waals surface area contributed by atoms with E-state index in [0.717, 1.165) is 34.7 Å². The number of rotatable bonds is 10. The first kappa shape index (κ1) is 20.9. The van der Waals surface area contributed by atoms with Gasteiger partial charge in [-0.25, -0.2) is 4.98 Å². The fourth-order valence-electron chi connectivity index (χ4n) is 2.76. The zero-order valence-corrected chi connectivity index (χ0v) is 17.6. The maximum absolute atomic E-state index is 12.3. The smallest absolute Gasteiger partial charge is 0.226 e. The number of aryl methyl sites for hydroxylation is 1. The molecule has 0 radical (unpaired) electrons. The Morgan fingerprint density at radius 3 is 2.38 bits per heavy atom. The number of amides is 1. The van der Waals surface area contributed by atoms with E-state index in [9.17, 15) is 4.79 Å². The van der Waals surface area contributed by atoms with E-state index in [1.807, 2.05) is 60.8 Å². The molecule has 29 heavy (non-hydrogen) atoms. The Kier molecular flexibility index (Phi) is 7.64. The Labute approximate surface area is 175 Å². The quantitative estimate of drug-likeness (QED) is 0.475. The van der Waals surface area contributed by atoms with Crippen LogP contribution in [0.5, 0.6) is 11.5 Å². The van der Waals surface area contributed by atoms with Crippen LogP contribution in [0.3, 0.4) is 0 Å². The van der Waals surface area contributed by atoms with Crippen molar-refractivity contribution in [2.45, 2.75) is 33.1 Å². The van der Waals surface area contributed by atoms with E-state index in [0.29, 0.717) is 31.2 Å². The van der Waals surface area contributed by atoms with Gasteiger partial charge in [0.1, 0.15) is 11.5 Å². The zero-order chi connectivity index (χ0) is 20.5. The summed E-state index contributed by atoms with van der Waals surface area (Å²) in [6.07, 6.45) is 2.07. The molecule has 0 spiro atoms. The topological polar surface area (TPSA) is 60.5 Å². The van der Waals surface area contributed by atoms with E-state index in [-0.39, 0.29) is 5.91 Å². The number of benzene rings is 2. The molecule has 0 fully saturated rings. The lowest BCUT2D eigenvalue weighted by Crippen LogP contribution is -2.12. The number of nitrogens with zero attached hydrogens (tertiary/aromatic N) is 1. The fraction of sp³-hybridized carbons (Fsp3) is 0.304. The van der Waals surface area contributed by atoms with Crippen LogP contribution in [0.25, 0.3) is 11.3 Å². The second-order valence-corrected chi connectivity index (χ2v) is 7.39. The number of hydrogen-bond donors (Lipinski definition) is 1. The van der Waals surface area contributed by atoms with Gasteiger partial charge in [-0.2, -0.15) is 0 Å². The third-order valence-electron chi connectivity index (χ3n) is 4.25. The van der Waals surface area contributed by atoms with Gasteiger partial charge >= 0.3 is 0 Å². The standard InChI is InChI=1S/C23H26N2O3S/c1-3-15-28-20-12-8-18(9-13-20)21-16-29-23(24-21)25-22(26)14-7-17-5-10-19(11-6-17)27-4-2/h5-6,8-13,16H,3-4,7,14-15H2,1-2H3,(H,24,25,26). The third kappa shape index (κ3) is 6.32. The van der Waals surface area contributed by atoms with Gasteiger partial charge in [-0.3, -0.25) is 4.79 Å². The number of anilines is 1. The predicted molar refractivity (Wildman–Crippen MR) is 118 cm³/mol. The van der Waals surface area contributed by atoms with E-state index in [4.69, 9.17) is 9.47 Å². The summed E-state index contributed by atoms with van der Waals surface area (Å²) in [4.78, 5) is 16.8. The minimum atomic E-state index is -0.0388. The van der Waals surface area contributed by atoms with Crippen molar-refractivity contribution in [1.82, 2.24) is 4.98 Å². The third-order valence-corrected chi connectivity index (χ3v) is 5.01. The van der Waals surface area contributed by atoms with Crippen LogP contribution < -0.4 is 14.8 Å². The Morgan fingerprint density at radius 2 is 1.69 bits per heavy atom. The second kappa shape index (κ2) is 10.6. The average molecular weight is 411 g/mol. The number of aromatic nitrogens is 1. The van der Waals surface area contributed by atoms with Crippen LogP contribution in [-0.4, -0.2) is 24.1 Å². The number of thiazole rings is 1. The van der Waals surface area contributed by atoms with Gasteiger partial charge in [-0.1, -0.05) is 19.1 Å². The molecule has 3 aromatic rings. The highest BCUT2D eigenvalue weighted by Gasteiger charge is 2.09. The maximum Gasteiger partial charge on any atom is 0.226 e. The Bertz CT molecular complexity index is 905. The average Bonchev–Trinajstić information content (AvgIpc) is 3.21. The molecule has 3 rings (SSSR count). The molecule has 0 saturated carbocycles. The molecule has 0 aliphatic rings. The Balaban J connectivity index is 1.50. The Morgan fingerprint density at radius 1 is 1.00 bits per heavy atom. The summed E-state index contributed by atoms with van der Waals surface area (Å²) < 4.78 is 11.0. The van der Waals surface area contributed by atoms with Crippen LogP contribution in [-0.2, 0) is 11.2 Å². The van der Waals surface area contributed by atoms with Crippen molar-refractivity contribution >= 4 is 22.4 Å². The molecule has 1 heterocycles. The lowest BCUT2D eigenvalue weighted by molar-refractivity contribution is -0.116. The molecule has 0 unspecified atom stereocenters. The molecule has 1 N–H and O–H groups in total. The first-order valence-corrected chi connectivity index (χ1v) is 10.8. The molecule has 2 aromatic carbocycles. The lowest BCUT2D eigenvalue weighted by atomic mass is 10.1. The first-order valence-electron chi connectivity index (χ1n) is 9.88. The van der Waals surface area contributed by atoms with E-state index in [1.165, 1.54) is 11.3 Å². The number of nitrogens with one attached hydrogen (secondary N) is 1. The van der Waals surface area contributed by atoms with E-state index < -0.39 is 0 Å². The maximum atomic E-state index is 12.3. The molecule has 1 amide bonds. The minimum absolute atomic E-state index is 0.0388. The Hall–Kier alpha value is -2.86. The van der Waals surface area contributed by atoms with Crippen molar-refractivity contribution in [1.29, 1.82) is 0 Å². The van der Waals surface area contributed by atoms with Crippen molar-refractivity contribution in [2.75, 3.05) is 18.5 Å². The molecular formula is C23H26N2O3S. The monoisotopic (exact) mass is 410 g/mol. The highest BCUT2D eigenvalue weighted by atomic mass is 32.1.